The third-order valence-electron chi connectivity index (χ3n) is 10.5. The quantitative estimate of drug-likeness (QED) is 0.0300. The van der Waals surface area contributed by atoms with Gasteiger partial charge in [-0.1, -0.05) is 59.7 Å². The number of carbonyl (C=O) groups is 5. The molecule has 0 aromatic carbocycles. The Morgan fingerprint density at radius 3 is 2.49 bits per heavy atom. The van der Waals surface area contributed by atoms with Gasteiger partial charge in [-0.2, -0.15) is 0 Å². The Morgan fingerprint density at radius 1 is 1.05 bits per heavy atom. The fraction of sp³-hybridized carbons (Fsp3) is 0.700. The number of halogens is 1. The van der Waals surface area contributed by atoms with E-state index in [1.54, 1.807) is 13.0 Å². The molecule has 4 amide bonds. The van der Waals surface area contributed by atoms with Gasteiger partial charge in [0.15, 0.2) is 0 Å². The molecule has 4 fully saturated rings. The monoisotopic (exact) mass is 882 g/mol. The van der Waals surface area contributed by atoms with Gasteiger partial charge in [-0.25, -0.2) is 4.99 Å². The van der Waals surface area contributed by atoms with Crippen LogP contribution < -0.4 is 16.0 Å². The summed E-state index contributed by atoms with van der Waals surface area (Å²) in [6, 6.07) is -0.167. The topological polar surface area (TPSA) is 194 Å². The van der Waals surface area contributed by atoms with E-state index in [1.165, 1.54) is 13.0 Å². The normalized spacial score (nSPS) is 31.1. The van der Waals surface area contributed by atoms with E-state index in [1.807, 2.05) is 48.6 Å². The third kappa shape index (κ3) is 14.8. The molecule has 4 N–H and O–H groups in total. The molecule has 3 saturated heterocycles. The molecule has 0 radical (unpaired) electrons. The number of nitrogens with zero attached hydrogens (tertiary/aromatic N) is 1. The maximum absolute atomic E-state index is 12.9. The third-order valence-corrected chi connectivity index (χ3v) is 11.2. The van der Waals surface area contributed by atoms with E-state index in [0.29, 0.717) is 49.7 Å². The molecule has 15 heteroatoms. The summed E-state index contributed by atoms with van der Waals surface area (Å²) in [4.78, 5) is 64.3. The molecule has 1 saturated carbocycles. The number of hydrogen-bond acceptors (Lipinski definition) is 10. The second-order valence-corrected chi connectivity index (χ2v) is 16.2. The van der Waals surface area contributed by atoms with Crippen LogP contribution in [0.3, 0.4) is 0 Å². The highest BCUT2D eigenvalue weighted by molar-refractivity contribution is 14.1. The number of rotatable bonds is 18. The molecular formula is C40H59IN4O10. The van der Waals surface area contributed by atoms with Crippen LogP contribution in [0.25, 0.3) is 0 Å². The van der Waals surface area contributed by atoms with Gasteiger partial charge in [0, 0.05) is 57.0 Å². The van der Waals surface area contributed by atoms with Gasteiger partial charge in [0.05, 0.1) is 41.8 Å². The van der Waals surface area contributed by atoms with Crippen LogP contribution in [0.15, 0.2) is 40.9 Å². The largest absolute Gasteiger partial charge is 0.459 e. The number of alkyl halides is 1. The number of aliphatic imine (C=N–C) groups is 1. The van der Waals surface area contributed by atoms with Crippen molar-refractivity contribution in [3.8, 4) is 0 Å². The Bertz CT molecular complexity index is 1490. The predicted molar refractivity (Wildman–Crippen MR) is 214 cm³/mol. The van der Waals surface area contributed by atoms with Crippen molar-refractivity contribution in [1.29, 1.82) is 0 Å². The summed E-state index contributed by atoms with van der Waals surface area (Å²) in [5.41, 5.74) is 1.01. The van der Waals surface area contributed by atoms with Crippen LogP contribution in [0, 0.1) is 5.92 Å². The second kappa shape index (κ2) is 21.5. The molecule has 14 nitrogen and oxygen atoms in total. The highest BCUT2D eigenvalue weighted by Gasteiger charge is 2.58. The first-order valence-electron chi connectivity index (χ1n) is 19.5. The number of aliphatic hydroxyl groups excluding tert-OH is 1. The zero-order chi connectivity index (χ0) is 40.1. The first-order valence-corrected chi connectivity index (χ1v) is 21.0. The van der Waals surface area contributed by atoms with Crippen molar-refractivity contribution in [2.24, 2.45) is 10.9 Å². The van der Waals surface area contributed by atoms with Crippen LogP contribution in [0.5, 0.6) is 0 Å². The van der Waals surface area contributed by atoms with Crippen LogP contribution >= 0.6 is 22.6 Å². The van der Waals surface area contributed by atoms with Crippen LogP contribution in [0.4, 0.5) is 0 Å². The summed E-state index contributed by atoms with van der Waals surface area (Å²) < 4.78 is 23.7. The SMILES string of the molecule is CC(=O)O[C@@H](C)/C=C\C(=O)N[C@@H]1C[C@H](C)C(C/C=C(C)/C=C/[C@H]2O[C@H](CC(=O)N=C3CC(NC(=O)CCCCCNC(=O)CI)C3)C[C@@]3(CO3)[C@@H]2O)O[C@@H]1C. The summed E-state index contributed by atoms with van der Waals surface area (Å²) in [6.45, 7) is 10.1. The van der Waals surface area contributed by atoms with Crippen molar-refractivity contribution in [2.45, 2.75) is 153 Å². The van der Waals surface area contributed by atoms with E-state index >= 15 is 0 Å². The molecule has 1 spiro atoms. The molecule has 9 atom stereocenters. The smallest absolute Gasteiger partial charge is 0.303 e. The minimum Gasteiger partial charge on any atom is -0.459 e. The average molecular weight is 883 g/mol. The van der Waals surface area contributed by atoms with Crippen LogP contribution in [0.1, 0.15) is 98.8 Å². The Labute approximate surface area is 338 Å². The number of nitrogens with one attached hydrogen (secondary N) is 3. The molecule has 0 bridgehead atoms. The summed E-state index contributed by atoms with van der Waals surface area (Å²) in [6.07, 6.45) is 12.0. The lowest BCUT2D eigenvalue weighted by molar-refractivity contribution is -0.144. The fourth-order valence-corrected chi connectivity index (χ4v) is 7.44. The number of ether oxygens (including phenoxy) is 4. The van der Waals surface area contributed by atoms with E-state index in [0.717, 1.165) is 37.0 Å². The van der Waals surface area contributed by atoms with Gasteiger partial charge in [0.2, 0.25) is 23.6 Å². The minimum absolute atomic E-state index is 0.0123. The lowest BCUT2D eigenvalue weighted by Crippen LogP contribution is -2.50. The Kier molecular flexibility index (Phi) is 17.5. The van der Waals surface area contributed by atoms with Gasteiger partial charge in [0.1, 0.15) is 23.9 Å². The number of aliphatic hydroxyl groups is 1. The molecule has 3 aliphatic heterocycles. The summed E-state index contributed by atoms with van der Waals surface area (Å²) in [7, 11) is 0. The van der Waals surface area contributed by atoms with Gasteiger partial charge in [0.25, 0.3) is 0 Å². The molecular weight excluding hydrogens is 823 g/mol. The molecule has 3 heterocycles. The van der Waals surface area contributed by atoms with E-state index in [-0.39, 0.29) is 60.3 Å². The summed E-state index contributed by atoms with van der Waals surface area (Å²) in [5.74, 6) is -0.753. The second-order valence-electron chi connectivity index (χ2n) is 15.4. The molecule has 1 aliphatic carbocycles. The van der Waals surface area contributed by atoms with E-state index in [4.69, 9.17) is 18.9 Å². The van der Waals surface area contributed by atoms with Gasteiger partial charge in [-0.3, -0.25) is 24.0 Å². The van der Waals surface area contributed by atoms with Gasteiger partial charge < -0.3 is 40.0 Å². The first-order chi connectivity index (χ1) is 26.2. The van der Waals surface area contributed by atoms with E-state index in [9.17, 15) is 29.1 Å². The van der Waals surface area contributed by atoms with Crippen molar-refractivity contribution in [1.82, 2.24) is 16.0 Å². The van der Waals surface area contributed by atoms with Crippen molar-refractivity contribution in [3.63, 3.8) is 0 Å². The number of amides is 4. The highest BCUT2D eigenvalue weighted by Crippen LogP contribution is 2.43. The molecule has 55 heavy (non-hydrogen) atoms. The van der Waals surface area contributed by atoms with E-state index < -0.39 is 36.0 Å². The van der Waals surface area contributed by atoms with Gasteiger partial charge in [-0.15, -0.1) is 0 Å². The first kappa shape index (κ1) is 44.7. The van der Waals surface area contributed by atoms with Crippen LogP contribution in [0.2, 0.25) is 0 Å². The van der Waals surface area contributed by atoms with Crippen LogP contribution in [-0.2, 0) is 42.9 Å². The fourth-order valence-electron chi connectivity index (χ4n) is 7.17. The predicted octanol–water partition coefficient (Wildman–Crippen LogP) is 3.72. The lowest BCUT2D eigenvalue weighted by Gasteiger charge is -2.39. The number of hydrogen-bond donors (Lipinski definition) is 4. The molecule has 4 aliphatic rings. The van der Waals surface area contributed by atoms with Crippen molar-refractivity contribution < 1.29 is 48.0 Å². The maximum Gasteiger partial charge on any atom is 0.303 e. The summed E-state index contributed by atoms with van der Waals surface area (Å²) >= 11 is 2.02. The molecule has 0 aromatic rings. The molecule has 4 rings (SSSR count). The van der Waals surface area contributed by atoms with Gasteiger partial charge in [-0.05, 0) is 58.4 Å². The number of epoxide rings is 1. The Morgan fingerprint density at radius 2 is 1.80 bits per heavy atom. The van der Waals surface area contributed by atoms with Gasteiger partial charge >= 0.3 is 5.97 Å². The van der Waals surface area contributed by atoms with Crippen molar-refractivity contribution in [2.75, 3.05) is 17.6 Å². The maximum atomic E-state index is 12.9. The minimum atomic E-state index is -0.860. The van der Waals surface area contributed by atoms with E-state index in [2.05, 4.69) is 33.9 Å². The number of unbranched alkanes of at least 4 members (excludes halogenated alkanes) is 2. The Balaban J connectivity index is 1.17. The zero-order valence-corrected chi connectivity index (χ0v) is 34.9. The Hall–Kier alpha value is -2.99. The number of allylic oxidation sites excluding steroid dienone is 2. The lowest BCUT2D eigenvalue weighted by atomic mass is 9.87. The zero-order valence-electron chi connectivity index (χ0n) is 32.7. The number of esters is 1. The average Bonchev–Trinajstić information content (AvgIpc) is 3.88. The molecule has 1 unspecified atom stereocenters. The highest BCUT2D eigenvalue weighted by atomic mass is 127. The number of carbonyl (C=O) groups excluding carboxylic acids is 5. The van der Waals surface area contributed by atoms with Crippen LogP contribution in [-0.4, -0.2) is 112 Å². The molecule has 306 valence electrons. The van der Waals surface area contributed by atoms with Crippen molar-refractivity contribution >= 4 is 57.9 Å². The van der Waals surface area contributed by atoms with Crippen molar-refractivity contribution in [3.05, 3.63) is 36.0 Å². The standard InChI is InChI=1S/C40H59IN4O10/c1-24(10-13-33-25(2)17-32(27(4)54-33)45-36(48)15-12-26(3)53-28(5)46)11-14-34-39(51)40(23-52-40)21-31(55-34)20-37(49)44-30-18-29(19-30)43-35(47)9-7-6-8-16-42-38(50)22-41/h10-12,14-15,25-27,29,31-34,39,51H,6-9,13,16-23H2,1-5H3,(H,42,50)(H,43,47)(H,45,48)/b14-11+,15-12-,24-10+,44-30?/t25-,26-,27+,29?,31+,32+,33?,34+,39+,40+/m0/s1. The molecule has 0 aromatic heterocycles. The summed E-state index contributed by atoms with van der Waals surface area (Å²) in [5, 5.41) is 19.9.